The monoisotopic (exact) mass is 263 g/mol. The van der Waals surface area contributed by atoms with E-state index in [-0.39, 0.29) is 29.2 Å². The van der Waals surface area contributed by atoms with E-state index in [0.29, 0.717) is 13.0 Å². The van der Waals surface area contributed by atoms with E-state index in [2.05, 4.69) is 15.9 Å². The Hall–Kier alpha value is -0.420. The number of carbonyl (C=O) groups excluding carboxylic acids is 2. The van der Waals surface area contributed by atoms with Gasteiger partial charge < -0.3 is 9.64 Å². The molecule has 0 aromatic carbocycles. The van der Waals surface area contributed by atoms with Crippen LogP contribution in [0.3, 0.4) is 0 Å². The number of ether oxygens (including phenoxy) is 1. The Bertz CT molecular complexity index is 244. The lowest BCUT2D eigenvalue weighted by molar-refractivity contribution is -0.135. The molecular formula is C9H14BrNO3. The molecule has 0 radical (unpaired) electrons. The van der Waals surface area contributed by atoms with Gasteiger partial charge in [0.05, 0.1) is 17.5 Å². The molecule has 1 rings (SSSR count). The standard InChI is InChI=1S/C9H14BrNO3/c1-6(12)11-5-7(14-2)3-8(11)9(13)4-10/h7-8H,3-5H2,1-2H3. The Morgan fingerprint density at radius 1 is 1.57 bits per heavy atom. The first kappa shape index (κ1) is 11.7. The minimum Gasteiger partial charge on any atom is -0.380 e. The van der Waals surface area contributed by atoms with Gasteiger partial charge in [0.15, 0.2) is 5.78 Å². The average molecular weight is 264 g/mol. The number of halogens is 1. The molecule has 0 N–H and O–H groups in total. The summed E-state index contributed by atoms with van der Waals surface area (Å²) in [6.07, 6.45) is 0.604. The van der Waals surface area contributed by atoms with Gasteiger partial charge in [-0.15, -0.1) is 0 Å². The van der Waals surface area contributed by atoms with E-state index in [0.717, 1.165) is 0 Å². The maximum absolute atomic E-state index is 11.5. The van der Waals surface area contributed by atoms with Crippen molar-refractivity contribution < 1.29 is 14.3 Å². The smallest absolute Gasteiger partial charge is 0.220 e. The van der Waals surface area contributed by atoms with Crippen molar-refractivity contribution in [3.8, 4) is 0 Å². The molecule has 1 amide bonds. The van der Waals surface area contributed by atoms with E-state index in [4.69, 9.17) is 4.74 Å². The third kappa shape index (κ3) is 2.33. The number of alkyl halides is 1. The highest BCUT2D eigenvalue weighted by Gasteiger charge is 2.37. The van der Waals surface area contributed by atoms with Crippen molar-refractivity contribution in [1.29, 1.82) is 0 Å². The van der Waals surface area contributed by atoms with E-state index >= 15 is 0 Å². The highest BCUT2D eigenvalue weighted by molar-refractivity contribution is 9.09. The van der Waals surface area contributed by atoms with Crippen LogP contribution in [0.4, 0.5) is 0 Å². The van der Waals surface area contributed by atoms with Crippen LogP contribution in [-0.4, -0.2) is 47.7 Å². The topological polar surface area (TPSA) is 46.6 Å². The molecule has 0 saturated carbocycles. The number of amides is 1. The molecule has 14 heavy (non-hydrogen) atoms. The molecule has 0 aromatic heterocycles. The summed E-state index contributed by atoms with van der Waals surface area (Å²) in [5, 5.41) is 0.290. The van der Waals surface area contributed by atoms with Crippen LogP contribution >= 0.6 is 15.9 Å². The van der Waals surface area contributed by atoms with Gasteiger partial charge in [-0.05, 0) is 0 Å². The third-order valence-corrected chi connectivity index (χ3v) is 3.06. The molecule has 1 aliphatic heterocycles. The number of carbonyl (C=O) groups is 2. The fourth-order valence-corrected chi connectivity index (χ4v) is 2.08. The Morgan fingerprint density at radius 3 is 2.64 bits per heavy atom. The minimum atomic E-state index is -0.308. The lowest BCUT2D eigenvalue weighted by Crippen LogP contribution is -2.39. The summed E-state index contributed by atoms with van der Waals surface area (Å²) in [5.74, 6) is -0.0244. The van der Waals surface area contributed by atoms with Gasteiger partial charge in [-0.1, -0.05) is 15.9 Å². The number of likely N-dealkylation sites (tertiary alicyclic amines) is 1. The molecule has 1 aliphatic rings. The molecular weight excluding hydrogens is 250 g/mol. The van der Waals surface area contributed by atoms with Crippen molar-refractivity contribution in [1.82, 2.24) is 4.90 Å². The number of ketones is 1. The summed E-state index contributed by atoms with van der Waals surface area (Å²) < 4.78 is 5.16. The number of hydrogen-bond donors (Lipinski definition) is 0. The van der Waals surface area contributed by atoms with Gasteiger partial charge in [-0.3, -0.25) is 9.59 Å². The lowest BCUT2D eigenvalue weighted by Gasteiger charge is -2.20. The molecule has 1 saturated heterocycles. The summed E-state index contributed by atoms with van der Waals surface area (Å²) in [5.41, 5.74) is 0. The summed E-state index contributed by atoms with van der Waals surface area (Å²) in [6.45, 7) is 2.00. The van der Waals surface area contributed by atoms with Crippen molar-refractivity contribution in [2.45, 2.75) is 25.5 Å². The van der Waals surface area contributed by atoms with E-state index in [1.807, 2.05) is 0 Å². The molecule has 0 aliphatic carbocycles. The second-order valence-electron chi connectivity index (χ2n) is 3.38. The molecule has 1 fully saturated rings. The summed E-state index contributed by atoms with van der Waals surface area (Å²) in [7, 11) is 1.60. The second kappa shape index (κ2) is 4.89. The number of nitrogens with zero attached hydrogens (tertiary/aromatic N) is 1. The number of Topliss-reactive ketones (excluding diaryl/α,β-unsaturated/α-hetero) is 1. The van der Waals surface area contributed by atoms with Gasteiger partial charge in [-0.25, -0.2) is 0 Å². The largest absolute Gasteiger partial charge is 0.380 e. The van der Waals surface area contributed by atoms with Crippen LogP contribution in [0.2, 0.25) is 0 Å². The highest BCUT2D eigenvalue weighted by atomic mass is 79.9. The fourth-order valence-electron chi connectivity index (χ4n) is 1.71. The predicted molar refractivity (Wildman–Crippen MR) is 55.4 cm³/mol. The Kier molecular flexibility index (Phi) is 4.07. The predicted octanol–water partition coefficient (Wildman–Crippen LogP) is 0.586. The molecule has 0 spiro atoms. The quantitative estimate of drug-likeness (QED) is 0.701. The molecule has 80 valence electrons. The molecule has 2 atom stereocenters. The summed E-state index contributed by atoms with van der Waals surface area (Å²) in [6, 6.07) is -0.308. The van der Waals surface area contributed by atoms with Gasteiger partial charge in [-0.2, -0.15) is 0 Å². The van der Waals surface area contributed by atoms with Gasteiger partial charge in [0.2, 0.25) is 5.91 Å². The SMILES string of the molecule is COC1CC(C(=O)CBr)N(C(C)=O)C1. The molecule has 2 unspecified atom stereocenters. The fraction of sp³-hybridized carbons (Fsp3) is 0.778. The first-order valence-electron chi connectivity index (χ1n) is 4.48. The minimum absolute atomic E-state index is 0.00750. The van der Waals surface area contributed by atoms with Crippen molar-refractivity contribution in [2.24, 2.45) is 0 Å². The van der Waals surface area contributed by atoms with Crippen LogP contribution in [-0.2, 0) is 14.3 Å². The summed E-state index contributed by atoms with van der Waals surface area (Å²) >= 11 is 3.11. The lowest BCUT2D eigenvalue weighted by atomic mass is 10.1. The number of methoxy groups -OCH3 is 1. The Balaban J connectivity index is 2.71. The van der Waals surface area contributed by atoms with E-state index < -0.39 is 0 Å². The van der Waals surface area contributed by atoms with E-state index in [1.165, 1.54) is 6.92 Å². The zero-order valence-corrected chi connectivity index (χ0v) is 9.91. The second-order valence-corrected chi connectivity index (χ2v) is 3.94. The van der Waals surface area contributed by atoms with Crippen molar-refractivity contribution in [3.63, 3.8) is 0 Å². The zero-order valence-electron chi connectivity index (χ0n) is 8.33. The zero-order chi connectivity index (χ0) is 10.7. The third-order valence-electron chi connectivity index (χ3n) is 2.50. The Morgan fingerprint density at radius 2 is 2.21 bits per heavy atom. The molecule has 0 aromatic rings. The summed E-state index contributed by atoms with van der Waals surface area (Å²) in [4.78, 5) is 24.3. The van der Waals surface area contributed by atoms with Gasteiger partial charge >= 0.3 is 0 Å². The van der Waals surface area contributed by atoms with Crippen LogP contribution in [0, 0.1) is 0 Å². The molecule has 1 heterocycles. The molecule has 5 heteroatoms. The first-order valence-corrected chi connectivity index (χ1v) is 5.61. The average Bonchev–Trinajstić information content (AvgIpc) is 2.60. The van der Waals surface area contributed by atoms with Crippen molar-refractivity contribution in [3.05, 3.63) is 0 Å². The van der Waals surface area contributed by atoms with Gasteiger partial charge in [0, 0.05) is 27.0 Å². The highest BCUT2D eigenvalue weighted by Crippen LogP contribution is 2.21. The maximum atomic E-state index is 11.5. The number of hydrogen-bond acceptors (Lipinski definition) is 3. The van der Waals surface area contributed by atoms with Crippen LogP contribution < -0.4 is 0 Å². The van der Waals surface area contributed by atoms with Crippen LogP contribution in [0.5, 0.6) is 0 Å². The normalized spacial score (nSPS) is 26.6. The van der Waals surface area contributed by atoms with E-state index in [1.54, 1.807) is 12.0 Å². The molecule has 4 nitrogen and oxygen atoms in total. The molecule has 0 bridgehead atoms. The van der Waals surface area contributed by atoms with Crippen molar-refractivity contribution >= 4 is 27.6 Å². The first-order chi connectivity index (χ1) is 6.60. The Labute approximate surface area is 91.7 Å². The van der Waals surface area contributed by atoms with Crippen LogP contribution in [0.1, 0.15) is 13.3 Å². The van der Waals surface area contributed by atoms with Gasteiger partial charge in [0.25, 0.3) is 0 Å². The number of rotatable bonds is 3. The van der Waals surface area contributed by atoms with Gasteiger partial charge in [0.1, 0.15) is 0 Å². The van der Waals surface area contributed by atoms with E-state index in [9.17, 15) is 9.59 Å². The van der Waals surface area contributed by atoms with Crippen LogP contribution in [0.25, 0.3) is 0 Å². The van der Waals surface area contributed by atoms with Crippen LogP contribution in [0.15, 0.2) is 0 Å². The van der Waals surface area contributed by atoms with Crippen molar-refractivity contribution in [2.75, 3.05) is 19.0 Å². The maximum Gasteiger partial charge on any atom is 0.220 e.